The number of nitrogens with one attached hydrogen (secondary N) is 1. The van der Waals surface area contributed by atoms with Crippen LogP contribution in [-0.4, -0.2) is 33.2 Å². The Labute approximate surface area is 166 Å². The minimum Gasteiger partial charge on any atom is -0.481 e. The number of carboxylic acid groups (broad SMARTS) is 1. The Hall–Kier alpha value is -3.00. The van der Waals surface area contributed by atoms with Crippen molar-refractivity contribution in [3.8, 4) is 10.7 Å². The number of amides is 1. The predicted octanol–water partition coefficient (Wildman–Crippen LogP) is 3.32. The predicted molar refractivity (Wildman–Crippen MR) is 105 cm³/mol. The van der Waals surface area contributed by atoms with Crippen molar-refractivity contribution in [1.82, 2.24) is 15.5 Å². The molecule has 0 bridgehead atoms. The number of nitrogens with zero attached hydrogens (tertiary/aromatic N) is 2. The van der Waals surface area contributed by atoms with Crippen LogP contribution in [0.5, 0.6) is 0 Å². The monoisotopic (exact) mass is 399 g/mol. The van der Waals surface area contributed by atoms with Gasteiger partial charge in [-0.05, 0) is 29.9 Å². The highest BCUT2D eigenvalue weighted by Gasteiger charge is 2.16. The summed E-state index contributed by atoms with van der Waals surface area (Å²) in [6.07, 6.45) is 1.50. The van der Waals surface area contributed by atoms with Crippen LogP contribution in [0.25, 0.3) is 10.7 Å². The maximum absolute atomic E-state index is 12.4. The second-order valence-corrected chi connectivity index (χ2v) is 7.32. The normalized spacial score (nSPS) is 11.9. The maximum atomic E-state index is 12.4. The molecule has 0 aliphatic carbocycles. The largest absolute Gasteiger partial charge is 0.481 e. The molecule has 0 aliphatic heterocycles. The van der Waals surface area contributed by atoms with Crippen molar-refractivity contribution in [2.75, 3.05) is 0 Å². The zero-order chi connectivity index (χ0) is 19.8. The van der Waals surface area contributed by atoms with Crippen molar-refractivity contribution in [1.29, 1.82) is 0 Å². The molecule has 2 aromatic heterocycles. The van der Waals surface area contributed by atoms with Gasteiger partial charge in [-0.3, -0.25) is 9.59 Å². The zero-order valence-corrected chi connectivity index (χ0v) is 16.0. The molecule has 146 valence electrons. The minimum atomic E-state index is -0.876. The smallest absolute Gasteiger partial charge is 0.303 e. The van der Waals surface area contributed by atoms with E-state index in [4.69, 9.17) is 9.63 Å². The highest BCUT2D eigenvalue weighted by atomic mass is 32.1. The van der Waals surface area contributed by atoms with Crippen molar-refractivity contribution in [3.63, 3.8) is 0 Å². The molecule has 1 unspecified atom stereocenters. The lowest BCUT2D eigenvalue weighted by Gasteiger charge is -2.18. The molecule has 0 spiro atoms. The number of rotatable bonds is 10. The summed E-state index contributed by atoms with van der Waals surface area (Å²) in [6, 6.07) is 13.3. The van der Waals surface area contributed by atoms with E-state index < -0.39 is 5.97 Å². The second kappa shape index (κ2) is 9.80. The van der Waals surface area contributed by atoms with Crippen LogP contribution < -0.4 is 5.32 Å². The van der Waals surface area contributed by atoms with Gasteiger partial charge in [-0.1, -0.05) is 41.6 Å². The van der Waals surface area contributed by atoms with Gasteiger partial charge in [-0.25, -0.2) is 0 Å². The number of thiophene rings is 1. The fourth-order valence-electron chi connectivity index (χ4n) is 2.80. The average molecular weight is 399 g/mol. The first-order valence-electron chi connectivity index (χ1n) is 9.01. The zero-order valence-electron chi connectivity index (χ0n) is 15.2. The van der Waals surface area contributed by atoms with Crippen LogP contribution in [0.15, 0.2) is 52.4 Å². The molecule has 8 heteroatoms. The number of hydrogen-bond donors (Lipinski definition) is 2. The molecule has 2 N–H and O–H groups in total. The molecular weight excluding hydrogens is 378 g/mol. The second-order valence-electron chi connectivity index (χ2n) is 6.38. The molecule has 0 saturated heterocycles. The van der Waals surface area contributed by atoms with Gasteiger partial charge in [-0.2, -0.15) is 4.98 Å². The number of aromatic nitrogens is 2. The van der Waals surface area contributed by atoms with E-state index in [1.807, 2.05) is 47.8 Å². The van der Waals surface area contributed by atoms with E-state index >= 15 is 0 Å². The average Bonchev–Trinajstić information content (AvgIpc) is 3.37. The Morgan fingerprint density at radius 3 is 2.68 bits per heavy atom. The molecule has 0 radical (unpaired) electrons. The SMILES string of the molecule is O=C(O)CCC(Cc1ccccc1)NC(=O)CCc1nc(-c2cccs2)no1. The van der Waals surface area contributed by atoms with Gasteiger partial charge in [-0.15, -0.1) is 11.3 Å². The van der Waals surface area contributed by atoms with E-state index in [9.17, 15) is 9.59 Å². The van der Waals surface area contributed by atoms with E-state index in [-0.39, 0.29) is 24.8 Å². The maximum Gasteiger partial charge on any atom is 0.303 e. The lowest BCUT2D eigenvalue weighted by Crippen LogP contribution is -2.37. The van der Waals surface area contributed by atoms with Gasteiger partial charge in [0.1, 0.15) is 0 Å². The van der Waals surface area contributed by atoms with E-state index in [1.54, 1.807) is 0 Å². The van der Waals surface area contributed by atoms with E-state index in [0.717, 1.165) is 10.4 Å². The van der Waals surface area contributed by atoms with Crippen LogP contribution in [0.3, 0.4) is 0 Å². The summed E-state index contributed by atoms with van der Waals surface area (Å²) in [5, 5.41) is 17.8. The topological polar surface area (TPSA) is 105 Å². The van der Waals surface area contributed by atoms with Crippen molar-refractivity contribution in [2.45, 2.75) is 38.1 Å². The molecule has 1 atom stereocenters. The molecule has 7 nitrogen and oxygen atoms in total. The number of aliphatic carboxylic acids is 1. The Balaban J connectivity index is 1.53. The van der Waals surface area contributed by atoms with Gasteiger partial charge in [0, 0.05) is 25.3 Å². The summed E-state index contributed by atoms with van der Waals surface area (Å²) in [6.45, 7) is 0. The van der Waals surface area contributed by atoms with Gasteiger partial charge in [0.25, 0.3) is 0 Å². The van der Waals surface area contributed by atoms with E-state index in [1.165, 1.54) is 11.3 Å². The number of carbonyl (C=O) groups is 2. The Bertz CT molecular complexity index is 893. The number of carboxylic acids is 1. The highest BCUT2D eigenvalue weighted by molar-refractivity contribution is 7.13. The summed E-state index contributed by atoms with van der Waals surface area (Å²) < 4.78 is 5.21. The van der Waals surface area contributed by atoms with Gasteiger partial charge in [0.2, 0.25) is 17.6 Å². The first-order chi connectivity index (χ1) is 13.6. The lowest BCUT2D eigenvalue weighted by atomic mass is 10.0. The van der Waals surface area contributed by atoms with Crippen molar-refractivity contribution in [3.05, 3.63) is 59.3 Å². The summed E-state index contributed by atoms with van der Waals surface area (Å²) in [4.78, 5) is 28.5. The van der Waals surface area contributed by atoms with Gasteiger partial charge in [0.15, 0.2) is 0 Å². The molecule has 0 fully saturated rings. The molecule has 0 saturated carbocycles. The van der Waals surface area contributed by atoms with E-state index in [2.05, 4.69) is 15.5 Å². The van der Waals surface area contributed by atoms with Crippen LogP contribution >= 0.6 is 11.3 Å². The molecular formula is C20H21N3O4S. The van der Waals surface area contributed by atoms with Crippen LogP contribution in [-0.2, 0) is 22.4 Å². The van der Waals surface area contributed by atoms with Crippen molar-refractivity contribution < 1.29 is 19.2 Å². The summed E-state index contributed by atoms with van der Waals surface area (Å²) >= 11 is 1.52. The summed E-state index contributed by atoms with van der Waals surface area (Å²) in [7, 11) is 0. The first-order valence-corrected chi connectivity index (χ1v) is 9.89. The molecule has 3 rings (SSSR count). The third-order valence-corrected chi connectivity index (χ3v) is 5.04. The Morgan fingerprint density at radius 2 is 1.96 bits per heavy atom. The number of benzene rings is 1. The van der Waals surface area contributed by atoms with Gasteiger partial charge < -0.3 is 14.9 Å². The number of hydrogen-bond acceptors (Lipinski definition) is 6. The molecule has 28 heavy (non-hydrogen) atoms. The minimum absolute atomic E-state index is 0.00557. The van der Waals surface area contributed by atoms with Gasteiger partial charge in [0.05, 0.1) is 4.88 Å². The molecule has 3 aromatic rings. The van der Waals surface area contributed by atoms with Crippen LogP contribution in [0.4, 0.5) is 0 Å². The molecule has 0 aliphatic rings. The third kappa shape index (κ3) is 6.02. The standard InChI is InChI=1S/C20H21N3O4S/c24-17(9-10-18-22-20(23-27-18)16-7-4-12-28-16)21-15(8-11-19(25)26)13-14-5-2-1-3-6-14/h1-7,12,15H,8-11,13H2,(H,21,24)(H,25,26). The lowest BCUT2D eigenvalue weighted by molar-refractivity contribution is -0.137. The molecule has 2 heterocycles. The molecule has 1 amide bonds. The number of aryl methyl sites for hydroxylation is 1. The van der Waals surface area contributed by atoms with Crippen LogP contribution in [0.2, 0.25) is 0 Å². The fraction of sp³-hybridized carbons (Fsp3) is 0.300. The highest BCUT2D eigenvalue weighted by Crippen LogP contribution is 2.21. The van der Waals surface area contributed by atoms with Crippen LogP contribution in [0.1, 0.15) is 30.7 Å². The van der Waals surface area contributed by atoms with Crippen LogP contribution in [0, 0.1) is 0 Å². The first kappa shape index (κ1) is 19.8. The summed E-state index contributed by atoms with van der Waals surface area (Å²) in [5.41, 5.74) is 1.05. The van der Waals surface area contributed by atoms with E-state index in [0.29, 0.717) is 31.0 Å². The third-order valence-electron chi connectivity index (χ3n) is 4.17. The Kier molecular flexibility index (Phi) is 6.91. The van der Waals surface area contributed by atoms with Crippen molar-refractivity contribution >= 4 is 23.2 Å². The summed E-state index contributed by atoms with van der Waals surface area (Å²) in [5.74, 6) is -0.112. The molecule has 1 aromatic carbocycles. The quantitative estimate of drug-likeness (QED) is 0.542. The number of carbonyl (C=O) groups excluding carboxylic acids is 1. The Morgan fingerprint density at radius 1 is 1.14 bits per heavy atom. The fourth-order valence-corrected chi connectivity index (χ4v) is 3.45. The van der Waals surface area contributed by atoms with Gasteiger partial charge >= 0.3 is 5.97 Å². The van der Waals surface area contributed by atoms with Crippen molar-refractivity contribution in [2.24, 2.45) is 0 Å².